The highest BCUT2D eigenvalue weighted by Crippen LogP contribution is 2.52. The van der Waals surface area contributed by atoms with Gasteiger partial charge >= 0.3 is 13.2 Å². The van der Waals surface area contributed by atoms with Gasteiger partial charge in [0.05, 0.1) is 41.9 Å². The van der Waals surface area contributed by atoms with Gasteiger partial charge in [0.2, 0.25) is 0 Å². The van der Waals surface area contributed by atoms with Crippen LogP contribution in [0.25, 0.3) is 0 Å². The first-order valence-electron chi connectivity index (χ1n) is 15.2. The number of hydrogen-bond acceptors (Lipinski definition) is 6. The first-order valence-corrected chi connectivity index (χ1v) is 15.6. The largest absolute Gasteiger partial charge is 0.496 e. The number of benzene rings is 3. The lowest BCUT2D eigenvalue weighted by atomic mass is 9.69. The Morgan fingerprint density at radius 3 is 2.16 bits per heavy atom. The van der Waals surface area contributed by atoms with E-state index in [1.54, 1.807) is 7.05 Å². The Morgan fingerprint density at radius 1 is 1.00 bits per heavy atom. The fraction of sp³-hybridized carbons (Fsp3) is 0.457. The molecule has 0 saturated carbocycles. The molecule has 10 heteroatoms. The van der Waals surface area contributed by atoms with Gasteiger partial charge in [0.15, 0.2) is 5.60 Å². The topological polar surface area (TPSA) is 66.5 Å². The molecule has 0 bridgehead atoms. The standard InChI is InChI=1S/C35H42BClFNO6/c1-32(2,3)43-31(40)39(8)22-35(24-17-13-10-14-18-24)25(21-41-20-23-15-11-9-12-16-23)28-27(42-35)19-26(38)30(37)29(28)36-44-33(4,5)34(6,7)45-36/h9-19,25H,20-22H2,1-8H3/t25-,35+/m0/s1. The summed E-state index contributed by atoms with van der Waals surface area (Å²) in [7, 11) is 0.692. The Kier molecular flexibility index (Phi) is 9.05. The molecule has 5 rings (SSSR count). The van der Waals surface area contributed by atoms with Crippen LogP contribution in [-0.4, -0.2) is 55.1 Å². The summed E-state index contributed by atoms with van der Waals surface area (Å²) in [6.07, 6.45) is -0.517. The van der Waals surface area contributed by atoms with Crippen molar-refractivity contribution in [3.8, 4) is 5.75 Å². The van der Waals surface area contributed by atoms with Crippen LogP contribution in [0.5, 0.6) is 5.75 Å². The van der Waals surface area contributed by atoms with Gasteiger partial charge in [0.1, 0.15) is 17.2 Å². The molecule has 45 heavy (non-hydrogen) atoms. The predicted molar refractivity (Wildman–Crippen MR) is 174 cm³/mol. The van der Waals surface area contributed by atoms with E-state index >= 15 is 4.39 Å². The van der Waals surface area contributed by atoms with Crippen molar-refractivity contribution in [1.82, 2.24) is 4.90 Å². The maximum atomic E-state index is 15.7. The van der Waals surface area contributed by atoms with Crippen LogP contribution in [0.3, 0.4) is 0 Å². The molecule has 0 N–H and O–H groups in total. The molecule has 1 saturated heterocycles. The van der Waals surface area contributed by atoms with Crippen LogP contribution in [0.2, 0.25) is 5.02 Å². The molecule has 0 spiro atoms. The van der Waals surface area contributed by atoms with E-state index < -0.39 is 47.4 Å². The van der Waals surface area contributed by atoms with E-state index in [2.05, 4.69) is 0 Å². The zero-order chi connectivity index (χ0) is 32.8. The Morgan fingerprint density at radius 2 is 1.58 bits per heavy atom. The summed E-state index contributed by atoms with van der Waals surface area (Å²) in [6, 6.07) is 20.7. The highest BCUT2D eigenvalue weighted by Gasteiger charge is 2.58. The fourth-order valence-electron chi connectivity index (χ4n) is 5.83. The second-order valence-electron chi connectivity index (χ2n) is 13.8. The monoisotopic (exact) mass is 637 g/mol. The van der Waals surface area contributed by atoms with Gasteiger partial charge in [-0.05, 0) is 59.6 Å². The Labute approximate surface area is 271 Å². The Bertz CT molecular complexity index is 1510. The Hall–Kier alpha value is -3.11. The fourth-order valence-corrected chi connectivity index (χ4v) is 6.07. The van der Waals surface area contributed by atoms with Crippen molar-refractivity contribution in [3.63, 3.8) is 0 Å². The maximum absolute atomic E-state index is 15.7. The minimum atomic E-state index is -1.21. The van der Waals surface area contributed by atoms with Gasteiger partial charge in [-0.25, -0.2) is 9.18 Å². The zero-order valence-electron chi connectivity index (χ0n) is 27.3. The van der Waals surface area contributed by atoms with E-state index in [1.165, 1.54) is 11.0 Å². The third-order valence-electron chi connectivity index (χ3n) is 8.79. The van der Waals surface area contributed by atoms with Gasteiger partial charge in [-0.15, -0.1) is 0 Å². The van der Waals surface area contributed by atoms with E-state index in [1.807, 2.05) is 109 Å². The van der Waals surface area contributed by atoms with Crippen LogP contribution >= 0.6 is 11.6 Å². The lowest BCUT2D eigenvalue weighted by Gasteiger charge is -2.38. The number of nitrogens with zero attached hydrogens (tertiary/aromatic N) is 1. The van der Waals surface area contributed by atoms with Crippen LogP contribution in [-0.2, 0) is 31.0 Å². The first kappa shape index (κ1) is 33.3. The molecule has 0 unspecified atom stereocenters. The molecule has 1 fully saturated rings. The number of carbonyl (C=O) groups is 1. The summed E-state index contributed by atoms with van der Waals surface area (Å²) >= 11 is 6.79. The van der Waals surface area contributed by atoms with E-state index in [0.29, 0.717) is 17.6 Å². The van der Waals surface area contributed by atoms with Gasteiger partial charge in [0, 0.05) is 24.1 Å². The quantitative estimate of drug-likeness (QED) is 0.243. The van der Waals surface area contributed by atoms with Crippen LogP contribution in [0.4, 0.5) is 9.18 Å². The highest BCUT2D eigenvalue weighted by atomic mass is 35.5. The minimum absolute atomic E-state index is 0.0714. The molecule has 2 aliphatic rings. The van der Waals surface area contributed by atoms with E-state index in [9.17, 15) is 4.79 Å². The lowest BCUT2D eigenvalue weighted by molar-refractivity contribution is -0.0200. The minimum Gasteiger partial charge on any atom is -0.480 e. The molecule has 0 radical (unpaired) electrons. The van der Waals surface area contributed by atoms with Crippen molar-refractivity contribution >= 4 is 30.3 Å². The normalized spacial score (nSPS) is 21.7. The maximum Gasteiger partial charge on any atom is 0.496 e. The third kappa shape index (κ3) is 6.59. The highest BCUT2D eigenvalue weighted by molar-refractivity contribution is 6.66. The van der Waals surface area contributed by atoms with Crippen LogP contribution in [0, 0.1) is 5.82 Å². The summed E-state index contributed by atoms with van der Waals surface area (Å²) in [5.41, 5.74) is -0.563. The van der Waals surface area contributed by atoms with Crippen LogP contribution in [0.15, 0.2) is 66.7 Å². The second-order valence-corrected chi connectivity index (χ2v) is 14.2. The van der Waals surface area contributed by atoms with Crippen molar-refractivity contribution in [1.29, 1.82) is 0 Å². The van der Waals surface area contributed by atoms with Crippen molar-refractivity contribution < 1.29 is 32.7 Å². The van der Waals surface area contributed by atoms with Crippen molar-refractivity contribution in [2.75, 3.05) is 20.2 Å². The predicted octanol–water partition coefficient (Wildman–Crippen LogP) is 7.23. The molecular formula is C35H42BClFNO6. The molecular weight excluding hydrogens is 596 g/mol. The molecule has 7 nitrogen and oxygen atoms in total. The van der Waals surface area contributed by atoms with E-state index in [-0.39, 0.29) is 23.9 Å². The summed E-state index contributed by atoms with van der Waals surface area (Å²) in [5.74, 6) is -0.930. The van der Waals surface area contributed by atoms with Crippen LogP contribution in [0.1, 0.15) is 71.1 Å². The number of amides is 1. The smallest absolute Gasteiger partial charge is 0.480 e. The third-order valence-corrected chi connectivity index (χ3v) is 9.17. The van der Waals surface area contributed by atoms with Crippen LogP contribution < -0.4 is 10.2 Å². The molecule has 240 valence electrons. The summed E-state index contributed by atoms with van der Waals surface area (Å²) in [6.45, 7) is 13.7. The number of rotatable bonds is 8. The van der Waals surface area contributed by atoms with E-state index in [0.717, 1.165) is 11.1 Å². The molecule has 2 atom stereocenters. The van der Waals surface area contributed by atoms with Gasteiger partial charge < -0.3 is 28.4 Å². The van der Waals surface area contributed by atoms with Crippen molar-refractivity contribution in [2.45, 2.75) is 83.4 Å². The number of halogens is 2. The van der Waals surface area contributed by atoms with Crippen molar-refractivity contribution in [2.24, 2.45) is 0 Å². The zero-order valence-corrected chi connectivity index (χ0v) is 28.0. The van der Waals surface area contributed by atoms with Gasteiger partial charge in [-0.1, -0.05) is 72.3 Å². The molecule has 0 aromatic heterocycles. The number of fused-ring (bicyclic) bond motifs is 1. The second kappa shape index (κ2) is 12.2. The molecule has 2 heterocycles. The lowest BCUT2D eigenvalue weighted by Crippen LogP contribution is -2.50. The molecule has 3 aromatic rings. The molecule has 1 amide bonds. The summed E-state index contributed by atoms with van der Waals surface area (Å²) in [5, 5.41) is -0.103. The number of likely N-dealkylation sites (N-methyl/N-ethyl adjacent to an activating group) is 1. The molecule has 3 aromatic carbocycles. The summed E-state index contributed by atoms with van der Waals surface area (Å²) in [4.78, 5) is 14.8. The number of carbonyl (C=O) groups excluding carboxylic acids is 1. The van der Waals surface area contributed by atoms with Gasteiger partial charge in [-0.2, -0.15) is 0 Å². The average molecular weight is 638 g/mol. The number of ether oxygens (including phenoxy) is 3. The molecule has 0 aliphatic carbocycles. The average Bonchev–Trinajstić information content (AvgIpc) is 3.37. The first-order chi connectivity index (χ1) is 21.0. The summed E-state index contributed by atoms with van der Waals surface area (Å²) < 4.78 is 47.5. The van der Waals surface area contributed by atoms with Crippen molar-refractivity contribution in [3.05, 3.63) is 94.3 Å². The number of hydrogen-bond donors (Lipinski definition) is 0. The van der Waals surface area contributed by atoms with Gasteiger partial charge in [0.25, 0.3) is 0 Å². The Balaban J connectivity index is 1.65. The SMILES string of the molecule is CN(C[C@]1(c2ccccc2)Oc2cc(F)c(Cl)c(B3OC(C)(C)C(C)(C)O3)c2[C@@H]1COCc1ccccc1)C(=O)OC(C)(C)C. The van der Waals surface area contributed by atoms with Gasteiger partial charge in [-0.3, -0.25) is 0 Å². The molecule has 2 aliphatic heterocycles. The van der Waals surface area contributed by atoms with E-state index in [4.69, 9.17) is 35.1 Å².